The number of hydrogen-bond acceptors (Lipinski definition) is 6. The van der Waals surface area contributed by atoms with Crippen LogP contribution in [0.5, 0.6) is 0 Å². The number of rotatable bonds is 47. The number of hydrogen-bond donors (Lipinski definition) is 0. The van der Waals surface area contributed by atoms with Gasteiger partial charge in [0.2, 0.25) is 0 Å². The van der Waals surface area contributed by atoms with Crippen molar-refractivity contribution in [1.29, 1.82) is 0 Å². The summed E-state index contributed by atoms with van der Waals surface area (Å²) in [5, 5.41) is 0. The van der Waals surface area contributed by atoms with Gasteiger partial charge in [-0.15, -0.1) is 0 Å². The first-order chi connectivity index (χ1) is 30.5. The first-order valence-corrected chi connectivity index (χ1v) is 26.3. The molecule has 0 rings (SSSR count). The van der Waals surface area contributed by atoms with Crippen LogP contribution in [0.1, 0.15) is 258 Å². The van der Waals surface area contributed by atoms with Gasteiger partial charge < -0.3 is 14.2 Å². The van der Waals surface area contributed by atoms with Crippen molar-refractivity contribution >= 4 is 17.9 Å². The number of ether oxygens (including phenoxy) is 3. The molecule has 0 radical (unpaired) electrons. The van der Waals surface area contributed by atoms with Crippen molar-refractivity contribution in [1.82, 2.24) is 0 Å². The molecule has 6 heteroatoms. The molecule has 0 aliphatic heterocycles. The van der Waals surface area contributed by atoms with E-state index < -0.39 is 6.10 Å². The maximum atomic E-state index is 12.8. The normalized spacial score (nSPS) is 12.5. The molecule has 6 nitrogen and oxygen atoms in total. The Morgan fingerprint density at radius 2 is 0.613 bits per heavy atom. The SMILES string of the molecule is CCCC/C=C\CCCCCCC(=O)OCC(COC(=O)CCCCCCC\C=C/C=C\C=C/CCCCCCC)OC(=O)CCCCCCC/C=C\CCCCCCCCC. The predicted octanol–water partition coefficient (Wildman–Crippen LogP) is 17.3. The fourth-order valence-corrected chi connectivity index (χ4v) is 7.24. The molecule has 358 valence electrons. The fourth-order valence-electron chi connectivity index (χ4n) is 7.24. The molecule has 0 aromatic heterocycles. The van der Waals surface area contributed by atoms with Crippen molar-refractivity contribution in [2.75, 3.05) is 13.2 Å². The maximum Gasteiger partial charge on any atom is 0.306 e. The van der Waals surface area contributed by atoms with Gasteiger partial charge in [-0.2, -0.15) is 0 Å². The molecule has 62 heavy (non-hydrogen) atoms. The monoisotopic (exact) mass is 867 g/mol. The van der Waals surface area contributed by atoms with Gasteiger partial charge in [-0.1, -0.05) is 210 Å². The molecule has 1 unspecified atom stereocenters. The summed E-state index contributed by atoms with van der Waals surface area (Å²) >= 11 is 0. The standard InChI is InChI=1S/C56H98O6/c1-4-7-10-13-16-19-22-24-26-28-29-31-32-34-37-40-43-46-49-55(58)61-52-53(51-60-54(57)48-45-42-39-36-21-18-15-12-9-6-3)62-56(59)50-47-44-41-38-35-33-30-27-25-23-20-17-14-11-8-5-2/h15,18,22,24,26-31,53H,4-14,16-17,19-21,23,25,32-52H2,1-3H3/b18-15-,24-22-,28-26-,30-27-,31-29-. The van der Waals surface area contributed by atoms with Crippen molar-refractivity contribution in [2.24, 2.45) is 0 Å². The highest BCUT2D eigenvalue weighted by molar-refractivity contribution is 5.71. The van der Waals surface area contributed by atoms with Gasteiger partial charge in [0.05, 0.1) is 0 Å². The van der Waals surface area contributed by atoms with Crippen molar-refractivity contribution in [2.45, 2.75) is 264 Å². The second kappa shape index (κ2) is 50.8. The Balaban J connectivity index is 4.40. The molecular formula is C56H98O6. The first kappa shape index (κ1) is 59.1. The van der Waals surface area contributed by atoms with Crippen LogP contribution in [0.2, 0.25) is 0 Å². The molecule has 0 amide bonds. The summed E-state index contributed by atoms with van der Waals surface area (Å²) in [6.07, 6.45) is 62.0. The average molecular weight is 867 g/mol. The Bertz CT molecular complexity index is 1130. The van der Waals surface area contributed by atoms with E-state index in [2.05, 4.69) is 81.5 Å². The largest absolute Gasteiger partial charge is 0.462 e. The third-order valence-corrected chi connectivity index (χ3v) is 11.3. The van der Waals surface area contributed by atoms with Crippen LogP contribution in [-0.4, -0.2) is 37.2 Å². The Morgan fingerprint density at radius 3 is 0.984 bits per heavy atom. The van der Waals surface area contributed by atoms with Crippen LogP contribution in [0.25, 0.3) is 0 Å². The van der Waals surface area contributed by atoms with Crippen LogP contribution in [0.15, 0.2) is 60.8 Å². The highest BCUT2D eigenvalue weighted by atomic mass is 16.6. The molecule has 0 aliphatic carbocycles. The lowest BCUT2D eigenvalue weighted by Gasteiger charge is -2.18. The zero-order chi connectivity index (χ0) is 45.1. The molecule has 1 atom stereocenters. The van der Waals surface area contributed by atoms with E-state index >= 15 is 0 Å². The lowest BCUT2D eigenvalue weighted by Crippen LogP contribution is -2.30. The van der Waals surface area contributed by atoms with Crippen LogP contribution < -0.4 is 0 Å². The minimum atomic E-state index is -0.790. The molecule has 0 bridgehead atoms. The molecule has 0 aromatic rings. The number of allylic oxidation sites excluding steroid dienone is 10. The summed E-state index contributed by atoms with van der Waals surface area (Å²) < 4.78 is 16.8. The quantitative estimate of drug-likeness (QED) is 0.0199. The van der Waals surface area contributed by atoms with E-state index in [9.17, 15) is 14.4 Å². The molecule has 0 aromatic carbocycles. The van der Waals surface area contributed by atoms with E-state index in [0.29, 0.717) is 19.3 Å². The molecule has 0 fully saturated rings. The minimum Gasteiger partial charge on any atom is -0.462 e. The second-order valence-corrected chi connectivity index (χ2v) is 17.5. The molecule has 0 N–H and O–H groups in total. The van der Waals surface area contributed by atoms with Crippen LogP contribution in [0.3, 0.4) is 0 Å². The number of carbonyl (C=O) groups is 3. The lowest BCUT2D eigenvalue weighted by molar-refractivity contribution is -0.167. The predicted molar refractivity (Wildman–Crippen MR) is 265 cm³/mol. The maximum absolute atomic E-state index is 12.8. The zero-order valence-corrected chi connectivity index (χ0v) is 40.9. The van der Waals surface area contributed by atoms with Crippen LogP contribution in [0.4, 0.5) is 0 Å². The summed E-state index contributed by atoms with van der Waals surface area (Å²) in [5.74, 6) is -0.928. The van der Waals surface area contributed by atoms with Crippen molar-refractivity contribution in [3.05, 3.63) is 60.8 Å². The van der Waals surface area contributed by atoms with Crippen molar-refractivity contribution in [3.63, 3.8) is 0 Å². The molecule has 0 saturated heterocycles. The average Bonchev–Trinajstić information content (AvgIpc) is 3.27. The third kappa shape index (κ3) is 48.1. The van der Waals surface area contributed by atoms with Gasteiger partial charge in [0.25, 0.3) is 0 Å². The molecule has 0 aliphatic rings. The molecule has 0 heterocycles. The van der Waals surface area contributed by atoms with Gasteiger partial charge in [-0.05, 0) is 89.9 Å². The molecular weight excluding hydrogens is 769 g/mol. The van der Waals surface area contributed by atoms with Gasteiger partial charge in [-0.25, -0.2) is 0 Å². The van der Waals surface area contributed by atoms with Gasteiger partial charge in [0.15, 0.2) is 6.10 Å². The van der Waals surface area contributed by atoms with Crippen LogP contribution >= 0.6 is 0 Å². The fraction of sp³-hybridized carbons (Fsp3) is 0.768. The number of esters is 3. The Labute approximate surface area is 383 Å². The summed E-state index contributed by atoms with van der Waals surface area (Å²) in [7, 11) is 0. The smallest absolute Gasteiger partial charge is 0.306 e. The minimum absolute atomic E-state index is 0.0903. The van der Waals surface area contributed by atoms with Gasteiger partial charge in [0.1, 0.15) is 13.2 Å². The van der Waals surface area contributed by atoms with E-state index in [0.717, 1.165) is 109 Å². The number of carbonyl (C=O) groups excluding carboxylic acids is 3. The summed E-state index contributed by atoms with van der Waals surface area (Å²) in [6.45, 7) is 6.55. The van der Waals surface area contributed by atoms with Gasteiger partial charge in [0, 0.05) is 19.3 Å². The van der Waals surface area contributed by atoms with E-state index in [1.165, 1.54) is 109 Å². The zero-order valence-electron chi connectivity index (χ0n) is 40.9. The molecule has 0 saturated carbocycles. The van der Waals surface area contributed by atoms with Gasteiger partial charge >= 0.3 is 17.9 Å². The van der Waals surface area contributed by atoms with E-state index in [1.54, 1.807) is 0 Å². The summed E-state index contributed by atoms with van der Waals surface area (Å²) in [4.78, 5) is 37.9. The highest BCUT2D eigenvalue weighted by Crippen LogP contribution is 2.14. The summed E-state index contributed by atoms with van der Waals surface area (Å²) in [5.41, 5.74) is 0. The summed E-state index contributed by atoms with van der Waals surface area (Å²) in [6, 6.07) is 0. The lowest BCUT2D eigenvalue weighted by atomic mass is 10.1. The van der Waals surface area contributed by atoms with E-state index in [4.69, 9.17) is 14.2 Å². The molecule has 0 spiro atoms. The Hall–Kier alpha value is -2.89. The topological polar surface area (TPSA) is 78.9 Å². The van der Waals surface area contributed by atoms with Crippen LogP contribution in [0, 0.1) is 0 Å². The van der Waals surface area contributed by atoms with Crippen molar-refractivity contribution in [3.8, 4) is 0 Å². The second-order valence-electron chi connectivity index (χ2n) is 17.5. The van der Waals surface area contributed by atoms with Crippen molar-refractivity contribution < 1.29 is 28.6 Å². The number of unbranched alkanes of at least 4 members (excludes halogenated alkanes) is 28. The highest BCUT2D eigenvalue weighted by Gasteiger charge is 2.19. The Kier molecular flexibility index (Phi) is 48.4. The van der Waals surface area contributed by atoms with E-state index in [-0.39, 0.29) is 31.1 Å². The first-order valence-electron chi connectivity index (χ1n) is 26.3. The third-order valence-electron chi connectivity index (χ3n) is 11.3. The van der Waals surface area contributed by atoms with E-state index in [1.807, 2.05) is 0 Å². The Morgan fingerprint density at radius 1 is 0.323 bits per heavy atom. The van der Waals surface area contributed by atoms with Crippen LogP contribution in [-0.2, 0) is 28.6 Å². The van der Waals surface area contributed by atoms with Gasteiger partial charge in [-0.3, -0.25) is 14.4 Å².